The van der Waals surface area contributed by atoms with Gasteiger partial charge in [0.05, 0.1) is 5.03 Å². The van der Waals surface area contributed by atoms with Gasteiger partial charge in [0.25, 0.3) is 0 Å². The normalized spacial score (nSPS) is 12.1. The first kappa shape index (κ1) is 13.2. The Labute approximate surface area is 118 Å². The molecule has 0 heterocycles. The van der Waals surface area contributed by atoms with Gasteiger partial charge < -0.3 is 0 Å². The molecule has 2 rings (SSSR count). The quantitative estimate of drug-likeness (QED) is 0.517. The fraction of sp³-hybridized carbons (Fsp3) is 0.125. The van der Waals surface area contributed by atoms with Crippen molar-refractivity contribution >= 4 is 33.8 Å². The van der Waals surface area contributed by atoms with Gasteiger partial charge in [-0.05, 0) is 23.1 Å². The van der Waals surface area contributed by atoms with Crippen LogP contribution < -0.4 is 0 Å². The number of allylic oxidation sites excluding steroid dienone is 1. The molecule has 0 radical (unpaired) electrons. The van der Waals surface area contributed by atoms with Gasteiger partial charge in [-0.2, -0.15) is 0 Å². The number of benzene rings is 2. The fourth-order valence-corrected chi connectivity index (χ4v) is 2.39. The van der Waals surface area contributed by atoms with E-state index < -0.39 is 0 Å². The van der Waals surface area contributed by atoms with Crippen LogP contribution in [0.1, 0.15) is 17.5 Å². The molecule has 2 aromatic rings. The zero-order chi connectivity index (χ0) is 12.8. The Morgan fingerprint density at radius 2 is 1.28 bits per heavy atom. The number of hydrogen-bond donors (Lipinski definition) is 0. The fourth-order valence-electron chi connectivity index (χ4n) is 1.87. The third-order valence-corrected chi connectivity index (χ3v) is 3.39. The molecular formula is C16H14Cl2. The van der Waals surface area contributed by atoms with Gasteiger partial charge in [0, 0.05) is 5.88 Å². The van der Waals surface area contributed by atoms with Gasteiger partial charge in [-0.15, -0.1) is 11.6 Å². The first-order valence-corrected chi connectivity index (χ1v) is 6.79. The third-order valence-electron chi connectivity index (χ3n) is 2.76. The predicted molar refractivity (Wildman–Crippen MR) is 80.9 cm³/mol. The van der Waals surface area contributed by atoms with Gasteiger partial charge in [0.1, 0.15) is 0 Å². The molecule has 18 heavy (non-hydrogen) atoms. The van der Waals surface area contributed by atoms with Crippen molar-refractivity contribution in [2.75, 3.05) is 5.88 Å². The van der Waals surface area contributed by atoms with E-state index in [0.29, 0.717) is 5.88 Å². The van der Waals surface area contributed by atoms with Crippen LogP contribution in [0.15, 0.2) is 60.7 Å². The Hall–Kier alpha value is -1.24. The molecular weight excluding hydrogens is 263 g/mol. The summed E-state index contributed by atoms with van der Waals surface area (Å²) in [7, 11) is 0. The summed E-state index contributed by atoms with van der Waals surface area (Å²) in [5.41, 5.74) is 3.26. The predicted octanol–water partition coefficient (Wildman–Crippen LogP) is 5.42. The highest BCUT2D eigenvalue weighted by molar-refractivity contribution is 6.52. The summed E-state index contributed by atoms with van der Waals surface area (Å²) in [5.74, 6) is 0.563. The van der Waals surface area contributed by atoms with E-state index in [2.05, 4.69) is 12.1 Å². The molecule has 92 valence electrons. The lowest BCUT2D eigenvalue weighted by atomic mass is 10.0. The van der Waals surface area contributed by atoms with E-state index in [1.165, 1.54) is 0 Å². The molecule has 0 bridgehead atoms. The maximum absolute atomic E-state index is 6.51. The van der Waals surface area contributed by atoms with Crippen molar-refractivity contribution in [3.63, 3.8) is 0 Å². The van der Waals surface area contributed by atoms with Crippen LogP contribution in [0, 0.1) is 0 Å². The average Bonchev–Trinajstić information content (AvgIpc) is 2.46. The molecule has 0 N–H and O–H groups in total. The van der Waals surface area contributed by atoms with Crippen molar-refractivity contribution in [2.24, 2.45) is 0 Å². The van der Waals surface area contributed by atoms with Gasteiger partial charge in [0.15, 0.2) is 0 Å². The van der Waals surface area contributed by atoms with E-state index in [0.717, 1.165) is 28.2 Å². The summed E-state index contributed by atoms with van der Waals surface area (Å²) in [4.78, 5) is 0. The van der Waals surface area contributed by atoms with Crippen LogP contribution in [0.5, 0.6) is 0 Å². The Kier molecular flexibility index (Phi) is 4.86. The number of hydrogen-bond acceptors (Lipinski definition) is 0. The molecule has 0 atom stereocenters. The lowest BCUT2D eigenvalue weighted by Crippen LogP contribution is -1.90. The van der Waals surface area contributed by atoms with Gasteiger partial charge in [-0.25, -0.2) is 0 Å². The van der Waals surface area contributed by atoms with Crippen molar-refractivity contribution in [1.82, 2.24) is 0 Å². The molecule has 0 nitrogen and oxygen atoms in total. The standard InChI is InChI=1S/C16H14Cl2/c17-12-11-15(13-7-3-1-4-8-13)16(18)14-9-5-2-6-10-14/h1-10H,11-12H2/b16-15+. The van der Waals surface area contributed by atoms with E-state index in [-0.39, 0.29) is 0 Å². The van der Waals surface area contributed by atoms with Gasteiger partial charge >= 0.3 is 0 Å². The minimum atomic E-state index is 0.563. The number of alkyl halides is 1. The Balaban J connectivity index is 2.47. The highest BCUT2D eigenvalue weighted by atomic mass is 35.5. The lowest BCUT2D eigenvalue weighted by Gasteiger charge is -2.10. The van der Waals surface area contributed by atoms with Crippen LogP contribution in [-0.4, -0.2) is 5.88 Å². The second-order valence-electron chi connectivity index (χ2n) is 3.96. The number of halogens is 2. The first-order chi connectivity index (χ1) is 8.83. The van der Waals surface area contributed by atoms with Crippen molar-refractivity contribution in [3.05, 3.63) is 71.8 Å². The van der Waals surface area contributed by atoms with Crippen molar-refractivity contribution in [2.45, 2.75) is 6.42 Å². The second kappa shape index (κ2) is 6.63. The third kappa shape index (κ3) is 3.16. The Morgan fingerprint density at radius 3 is 1.78 bits per heavy atom. The summed E-state index contributed by atoms with van der Waals surface area (Å²) < 4.78 is 0. The number of rotatable bonds is 4. The van der Waals surface area contributed by atoms with Crippen LogP contribution in [0.3, 0.4) is 0 Å². The topological polar surface area (TPSA) is 0 Å². The maximum Gasteiger partial charge on any atom is 0.0516 e. The molecule has 0 aliphatic heterocycles. The molecule has 0 aliphatic rings. The van der Waals surface area contributed by atoms with Crippen molar-refractivity contribution in [1.29, 1.82) is 0 Å². The maximum atomic E-state index is 6.51. The molecule has 0 aromatic heterocycles. The molecule has 0 spiro atoms. The van der Waals surface area contributed by atoms with E-state index in [1.807, 2.05) is 48.5 Å². The van der Waals surface area contributed by atoms with Crippen LogP contribution in [-0.2, 0) is 0 Å². The van der Waals surface area contributed by atoms with Crippen LogP contribution in [0.25, 0.3) is 10.6 Å². The first-order valence-electron chi connectivity index (χ1n) is 5.88. The molecule has 0 saturated heterocycles. The van der Waals surface area contributed by atoms with Gasteiger partial charge in [-0.1, -0.05) is 72.3 Å². The van der Waals surface area contributed by atoms with Gasteiger partial charge in [-0.3, -0.25) is 0 Å². The van der Waals surface area contributed by atoms with Crippen LogP contribution in [0.2, 0.25) is 0 Å². The lowest BCUT2D eigenvalue weighted by molar-refractivity contribution is 1.25. The van der Waals surface area contributed by atoms with Crippen molar-refractivity contribution < 1.29 is 0 Å². The summed E-state index contributed by atoms with van der Waals surface area (Å²) in [6.45, 7) is 0. The minimum absolute atomic E-state index is 0.563. The van der Waals surface area contributed by atoms with E-state index in [4.69, 9.17) is 23.2 Å². The highest BCUT2D eigenvalue weighted by Crippen LogP contribution is 2.32. The molecule has 0 aliphatic carbocycles. The average molecular weight is 277 g/mol. The summed E-state index contributed by atoms with van der Waals surface area (Å²) >= 11 is 12.4. The molecule has 0 amide bonds. The summed E-state index contributed by atoms with van der Waals surface area (Å²) in [6, 6.07) is 20.1. The molecule has 2 heteroatoms. The largest absolute Gasteiger partial charge is 0.126 e. The van der Waals surface area contributed by atoms with Crippen LogP contribution >= 0.6 is 23.2 Å². The van der Waals surface area contributed by atoms with E-state index >= 15 is 0 Å². The van der Waals surface area contributed by atoms with Crippen molar-refractivity contribution in [3.8, 4) is 0 Å². The molecule has 2 aromatic carbocycles. The Morgan fingerprint density at radius 1 is 0.778 bits per heavy atom. The second-order valence-corrected chi connectivity index (χ2v) is 4.72. The Bertz CT molecular complexity index is 515. The molecule has 0 saturated carbocycles. The minimum Gasteiger partial charge on any atom is -0.126 e. The smallest absolute Gasteiger partial charge is 0.0516 e. The molecule has 0 fully saturated rings. The van der Waals surface area contributed by atoms with Gasteiger partial charge in [0.2, 0.25) is 0 Å². The summed E-state index contributed by atoms with van der Waals surface area (Å²) in [6.07, 6.45) is 0.763. The molecule has 0 unspecified atom stereocenters. The zero-order valence-corrected chi connectivity index (χ0v) is 11.5. The highest BCUT2D eigenvalue weighted by Gasteiger charge is 2.08. The zero-order valence-electron chi connectivity index (χ0n) is 9.94. The monoisotopic (exact) mass is 276 g/mol. The SMILES string of the molecule is ClCC/C(=C(\Cl)c1ccccc1)c1ccccc1. The van der Waals surface area contributed by atoms with Crippen LogP contribution in [0.4, 0.5) is 0 Å². The summed E-state index contributed by atoms with van der Waals surface area (Å²) in [5, 5.41) is 0.780. The van der Waals surface area contributed by atoms with E-state index in [1.54, 1.807) is 0 Å². The van der Waals surface area contributed by atoms with E-state index in [9.17, 15) is 0 Å².